The van der Waals surface area contributed by atoms with E-state index in [0.29, 0.717) is 6.61 Å². The fraction of sp³-hybridized carbons (Fsp3) is 0.818. The van der Waals surface area contributed by atoms with E-state index in [0.717, 1.165) is 13.0 Å². The smallest absolute Gasteiger partial charge is 0.158 e. The second-order valence-corrected chi connectivity index (χ2v) is 9.41. The van der Waals surface area contributed by atoms with Crippen LogP contribution in [-0.4, -0.2) is 27.6 Å². The average Bonchev–Trinajstić information content (AvgIpc) is 2.13. The van der Waals surface area contributed by atoms with E-state index in [1.807, 2.05) is 0 Å². The summed E-state index contributed by atoms with van der Waals surface area (Å²) < 4.78 is 10.9. The van der Waals surface area contributed by atoms with E-state index >= 15 is 0 Å². The van der Waals surface area contributed by atoms with E-state index in [4.69, 9.17) is 9.47 Å². The Hall–Kier alpha value is -0.303. The van der Waals surface area contributed by atoms with E-state index in [1.54, 1.807) is 0 Å². The number of hydrogen-bond acceptors (Lipinski definition) is 2. The van der Waals surface area contributed by atoms with Crippen molar-refractivity contribution in [2.75, 3.05) is 13.2 Å². The van der Waals surface area contributed by atoms with Gasteiger partial charge in [0.25, 0.3) is 0 Å². The van der Waals surface area contributed by atoms with Crippen molar-refractivity contribution in [3.05, 3.63) is 0 Å². The van der Waals surface area contributed by atoms with Crippen LogP contribution in [0.4, 0.5) is 0 Å². The molecule has 0 aliphatic carbocycles. The Morgan fingerprint density at radius 2 is 2.14 bits per heavy atom. The molecule has 1 atom stereocenters. The zero-order valence-corrected chi connectivity index (χ0v) is 10.4. The predicted octanol–water partition coefficient (Wildman–Crippen LogP) is 2.41. The van der Waals surface area contributed by atoms with Crippen molar-refractivity contribution in [1.29, 1.82) is 0 Å². The zero-order chi connectivity index (χ0) is 10.4. The van der Waals surface area contributed by atoms with Crippen molar-refractivity contribution in [2.45, 2.75) is 45.2 Å². The highest BCUT2D eigenvalue weighted by molar-refractivity contribution is 6.83. The minimum atomic E-state index is -1.23. The first-order valence-corrected chi connectivity index (χ1v) is 8.81. The van der Waals surface area contributed by atoms with Gasteiger partial charge in [-0.3, -0.25) is 0 Å². The van der Waals surface area contributed by atoms with Gasteiger partial charge in [0.1, 0.15) is 14.7 Å². The molecule has 1 aliphatic rings. The molecule has 0 spiro atoms. The summed E-state index contributed by atoms with van der Waals surface area (Å²) in [5.74, 6) is 3.08. The Labute approximate surface area is 88.0 Å². The van der Waals surface area contributed by atoms with Crippen molar-refractivity contribution in [3.8, 4) is 11.5 Å². The standard InChI is InChI=1S/C11H20O2Si/c1-14(2,3)10-6-9-13-11-7-4-5-8-12-11/h11H,4-5,7-9H2,1-3H3/t11-/m0/s1. The van der Waals surface area contributed by atoms with Crippen molar-refractivity contribution in [2.24, 2.45) is 0 Å². The third-order valence-electron chi connectivity index (χ3n) is 1.94. The Balaban J connectivity index is 2.16. The van der Waals surface area contributed by atoms with E-state index < -0.39 is 8.07 Å². The highest BCUT2D eigenvalue weighted by atomic mass is 28.3. The van der Waals surface area contributed by atoms with Crippen LogP contribution in [0.3, 0.4) is 0 Å². The minimum Gasteiger partial charge on any atom is -0.353 e. The first-order chi connectivity index (χ1) is 6.58. The molecule has 1 aliphatic heterocycles. The highest BCUT2D eigenvalue weighted by Gasteiger charge is 2.13. The third kappa shape index (κ3) is 5.43. The van der Waals surface area contributed by atoms with Crippen LogP contribution in [-0.2, 0) is 9.47 Å². The Morgan fingerprint density at radius 1 is 1.36 bits per heavy atom. The second-order valence-electron chi connectivity index (χ2n) is 4.66. The van der Waals surface area contributed by atoms with Crippen LogP contribution >= 0.6 is 0 Å². The summed E-state index contributed by atoms with van der Waals surface area (Å²) in [6.07, 6.45) is 3.40. The summed E-state index contributed by atoms with van der Waals surface area (Å²) in [5.41, 5.74) is 3.27. The van der Waals surface area contributed by atoms with Crippen LogP contribution in [0, 0.1) is 11.5 Å². The van der Waals surface area contributed by atoms with Gasteiger partial charge in [-0.1, -0.05) is 25.6 Å². The molecule has 1 saturated heterocycles. The lowest BCUT2D eigenvalue weighted by Crippen LogP contribution is -2.22. The summed E-state index contributed by atoms with van der Waals surface area (Å²) in [7, 11) is -1.23. The summed E-state index contributed by atoms with van der Waals surface area (Å²) in [6.45, 7) is 8.06. The lowest BCUT2D eigenvalue weighted by Gasteiger charge is -2.21. The molecule has 1 fully saturated rings. The van der Waals surface area contributed by atoms with Gasteiger partial charge in [-0.15, -0.1) is 5.54 Å². The fourth-order valence-electron chi connectivity index (χ4n) is 1.28. The molecule has 0 aromatic rings. The molecule has 3 heteroatoms. The topological polar surface area (TPSA) is 18.5 Å². The van der Waals surface area contributed by atoms with Crippen LogP contribution in [0.1, 0.15) is 19.3 Å². The quantitative estimate of drug-likeness (QED) is 0.517. The second kappa shape index (κ2) is 5.55. The van der Waals surface area contributed by atoms with Crippen LogP contribution in [0.25, 0.3) is 0 Å². The summed E-state index contributed by atoms with van der Waals surface area (Å²) in [6, 6.07) is 0. The molecule has 0 aromatic carbocycles. The van der Waals surface area contributed by atoms with Gasteiger partial charge in [-0.25, -0.2) is 0 Å². The molecule has 14 heavy (non-hydrogen) atoms. The van der Waals surface area contributed by atoms with Crippen LogP contribution < -0.4 is 0 Å². The SMILES string of the molecule is C[Si](C)(C)C#CCO[C@H]1CCCCO1. The van der Waals surface area contributed by atoms with Gasteiger partial charge in [0.05, 0.1) is 0 Å². The molecular weight excluding hydrogens is 192 g/mol. The maximum absolute atomic E-state index is 5.50. The molecule has 0 amide bonds. The number of rotatable bonds is 2. The third-order valence-corrected chi connectivity index (χ3v) is 2.87. The summed E-state index contributed by atoms with van der Waals surface area (Å²) in [4.78, 5) is 0. The van der Waals surface area contributed by atoms with Gasteiger partial charge in [0, 0.05) is 6.61 Å². The highest BCUT2D eigenvalue weighted by Crippen LogP contribution is 2.13. The average molecular weight is 212 g/mol. The molecule has 0 N–H and O–H groups in total. The molecule has 0 bridgehead atoms. The van der Waals surface area contributed by atoms with E-state index in [9.17, 15) is 0 Å². The molecule has 0 aromatic heterocycles. The molecule has 2 nitrogen and oxygen atoms in total. The van der Waals surface area contributed by atoms with E-state index in [2.05, 4.69) is 31.1 Å². The Morgan fingerprint density at radius 3 is 2.71 bits per heavy atom. The van der Waals surface area contributed by atoms with Gasteiger partial charge in [-0.05, 0) is 19.3 Å². The van der Waals surface area contributed by atoms with E-state index in [-0.39, 0.29) is 6.29 Å². The predicted molar refractivity (Wildman–Crippen MR) is 60.7 cm³/mol. The largest absolute Gasteiger partial charge is 0.353 e. The fourth-order valence-corrected chi connectivity index (χ4v) is 1.88. The van der Waals surface area contributed by atoms with Crippen molar-refractivity contribution in [3.63, 3.8) is 0 Å². The van der Waals surface area contributed by atoms with Crippen molar-refractivity contribution < 1.29 is 9.47 Å². The van der Waals surface area contributed by atoms with Crippen molar-refractivity contribution >= 4 is 8.07 Å². The van der Waals surface area contributed by atoms with Crippen LogP contribution in [0.15, 0.2) is 0 Å². The van der Waals surface area contributed by atoms with Gasteiger partial charge in [0.2, 0.25) is 0 Å². The Kier molecular flexibility index (Phi) is 4.66. The lowest BCUT2D eigenvalue weighted by atomic mass is 10.2. The van der Waals surface area contributed by atoms with Gasteiger partial charge in [-0.2, -0.15) is 0 Å². The molecule has 0 saturated carbocycles. The molecule has 1 rings (SSSR count). The summed E-state index contributed by atoms with van der Waals surface area (Å²) in [5, 5.41) is 0. The molecule has 0 radical (unpaired) electrons. The Bertz CT molecular complexity index is 216. The maximum atomic E-state index is 5.50. The monoisotopic (exact) mass is 212 g/mol. The molecular formula is C11H20O2Si. The summed E-state index contributed by atoms with van der Waals surface area (Å²) >= 11 is 0. The lowest BCUT2D eigenvalue weighted by molar-refractivity contribution is -0.154. The number of ether oxygens (including phenoxy) is 2. The zero-order valence-electron chi connectivity index (χ0n) is 9.43. The molecule has 80 valence electrons. The van der Waals surface area contributed by atoms with Crippen molar-refractivity contribution in [1.82, 2.24) is 0 Å². The van der Waals surface area contributed by atoms with Crippen LogP contribution in [0.5, 0.6) is 0 Å². The van der Waals surface area contributed by atoms with Gasteiger partial charge in [0.15, 0.2) is 6.29 Å². The molecule has 0 unspecified atom stereocenters. The number of hydrogen-bond donors (Lipinski definition) is 0. The maximum Gasteiger partial charge on any atom is 0.158 e. The minimum absolute atomic E-state index is 0.000292. The van der Waals surface area contributed by atoms with Crippen LogP contribution in [0.2, 0.25) is 19.6 Å². The van der Waals surface area contributed by atoms with Gasteiger partial charge < -0.3 is 9.47 Å². The van der Waals surface area contributed by atoms with E-state index in [1.165, 1.54) is 12.8 Å². The van der Waals surface area contributed by atoms with Gasteiger partial charge >= 0.3 is 0 Å². The molecule has 1 heterocycles. The normalized spacial score (nSPS) is 22.6. The first kappa shape index (κ1) is 11.8. The first-order valence-electron chi connectivity index (χ1n) is 5.31.